The Morgan fingerprint density at radius 2 is 1.70 bits per heavy atom. The van der Waals surface area contributed by atoms with E-state index in [1.807, 2.05) is 17.9 Å². The van der Waals surface area contributed by atoms with E-state index in [4.69, 9.17) is 0 Å². The van der Waals surface area contributed by atoms with Gasteiger partial charge in [-0.25, -0.2) is 19.3 Å². The van der Waals surface area contributed by atoms with Crippen molar-refractivity contribution in [2.24, 2.45) is 0 Å². The second-order valence-corrected chi connectivity index (χ2v) is 6.90. The van der Waals surface area contributed by atoms with Gasteiger partial charge in [-0.1, -0.05) is 6.07 Å². The molecule has 0 bridgehead atoms. The lowest BCUT2D eigenvalue weighted by Crippen LogP contribution is -2.47. The molecule has 3 aromatic rings. The number of hydrogen-bond acceptors (Lipinski definition) is 8. The van der Waals surface area contributed by atoms with Crippen molar-refractivity contribution in [3.05, 3.63) is 70.4 Å². The standard InChI is InChI=1S/C20H20FN7O2/c1-14-3-2-8-22-18(14)25-19-17(28(29)30)20(24-13-23-19)27-11-9-26(10-12-27)16-6-4-15(21)5-7-16/h2-8,13H,9-12H2,1H3,(H,22,23,24,25). The van der Waals surface area contributed by atoms with Crippen molar-refractivity contribution in [1.29, 1.82) is 0 Å². The quantitative estimate of drug-likeness (QED) is 0.506. The van der Waals surface area contributed by atoms with Crippen LogP contribution in [0.2, 0.25) is 0 Å². The van der Waals surface area contributed by atoms with E-state index in [0.29, 0.717) is 32.0 Å². The summed E-state index contributed by atoms with van der Waals surface area (Å²) in [6, 6.07) is 9.96. The first-order valence-electron chi connectivity index (χ1n) is 9.46. The number of benzene rings is 1. The summed E-state index contributed by atoms with van der Waals surface area (Å²) < 4.78 is 13.2. The van der Waals surface area contributed by atoms with E-state index >= 15 is 0 Å². The van der Waals surface area contributed by atoms with E-state index < -0.39 is 4.92 Å². The maximum absolute atomic E-state index is 13.2. The van der Waals surface area contributed by atoms with Crippen molar-refractivity contribution >= 4 is 28.8 Å². The third kappa shape index (κ3) is 3.97. The number of halogens is 1. The van der Waals surface area contributed by atoms with E-state index in [1.54, 1.807) is 24.4 Å². The van der Waals surface area contributed by atoms with Crippen molar-refractivity contribution in [2.75, 3.05) is 41.3 Å². The van der Waals surface area contributed by atoms with Gasteiger partial charge in [-0.05, 0) is 42.8 Å². The maximum atomic E-state index is 13.2. The zero-order chi connectivity index (χ0) is 21.1. The van der Waals surface area contributed by atoms with Crippen LogP contribution >= 0.6 is 0 Å². The summed E-state index contributed by atoms with van der Waals surface area (Å²) in [7, 11) is 0. The van der Waals surface area contributed by atoms with E-state index in [9.17, 15) is 14.5 Å². The highest BCUT2D eigenvalue weighted by Crippen LogP contribution is 2.34. The summed E-state index contributed by atoms with van der Waals surface area (Å²) >= 11 is 0. The zero-order valence-electron chi connectivity index (χ0n) is 16.3. The number of anilines is 4. The van der Waals surface area contributed by atoms with Crippen molar-refractivity contribution in [3.8, 4) is 0 Å². The monoisotopic (exact) mass is 409 g/mol. The molecule has 1 aliphatic heterocycles. The average Bonchev–Trinajstić information content (AvgIpc) is 2.76. The van der Waals surface area contributed by atoms with Gasteiger partial charge in [-0.3, -0.25) is 10.1 Å². The van der Waals surface area contributed by atoms with E-state index in [-0.39, 0.29) is 23.1 Å². The van der Waals surface area contributed by atoms with Crippen molar-refractivity contribution in [1.82, 2.24) is 15.0 Å². The van der Waals surface area contributed by atoms with Gasteiger partial charge >= 0.3 is 5.69 Å². The van der Waals surface area contributed by atoms with Gasteiger partial charge in [0.25, 0.3) is 0 Å². The van der Waals surface area contributed by atoms with Crippen molar-refractivity contribution in [3.63, 3.8) is 0 Å². The van der Waals surface area contributed by atoms with Crippen LogP contribution in [-0.2, 0) is 0 Å². The highest BCUT2D eigenvalue weighted by atomic mass is 19.1. The Morgan fingerprint density at radius 3 is 2.37 bits per heavy atom. The first kappa shape index (κ1) is 19.5. The summed E-state index contributed by atoms with van der Waals surface area (Å²) in [5.41, 5.74) is 1.58. The van der Waals surface area contributed by atoms with Crippen LogP contribution in [0.25, 0.3) is 0 Å². The normalized spacial score (nSPS) is 13.9. The minimum absolute atomic E-state index is 0.104. The molecule has 0 spiro atoms. The van der Waals surface area contributed by atoms with Crippen LogP contribution < -0.4 is 15.1 Å². The Labute approximate surface area is 172 Å². The molecule has 0 amide bonds. The second-order valence-electron chi connectivity index (χ2n) is 6.90. The van der Waals surface area contributed by atoms with E-state index in [1.165, 1.54) is 18.5 Å². The van der Waals surface area contributed by atoms with Crippen LogP contribution in [0.4, 0.5) is 33.2 Å². The van der Waals surface area contributed by atoms with Gasteiger partial charge in [-0.15, -0.1) is 0 Å². The summed E-state index contributed by atoms with van der Waals surface area (Å²) in [5.74, 6) is 0.598. The molecule has 2 aromatic heterocycles. The third-order valence-electron chi connectivity index (χ3n) is 5.00. The zero-order valence-corrected chi connectivity index (χ0v) is 16.3. The van der Waals surface area contributed by atoms with Gasteiger partial charge in [0, 0.05) is 38.1 Å². The molecule has 9 nitrogen and oxygen atoms in total. The van der Waals surface area contributed by atoms with Crippen LogP contribution in [0.3, 0.4) is 0 Å². The minimum atomic E-state index is -0.470. The fourth-order valence-corrected chi connectivity index (χ4v) is 3.42. The highest BCUT2D eigenvalue weighted by Gasteiger charge is 2.29. The number of pyridine rings is 1. The Balaban J connectivity index is 1.56. The van der Waals surface area contributed by atoms with Crippen molar-refractivity contribution < 1.29 is 9.31 Å². The number of nitro groups is 1. The molecule has 154 valence electrons. The maximum Gasteiger partial charge on any atom is 0.353 e. The molecule has 30 heavy (non-hydrogen) atoms. The second kappa shape index (κ2) is 8.27. The number of hydrogen-bond donors (Lipinski definition) is 1. The van der Waals surface area contributed by atoms with Gasteiger partial charge in [0.1, 0.15) is 18.0 Å². The molecule has 3 heterocycles. The lowest BCUT2D eigenvalue weighted by atomic mass is 10.2. The average molecular weight is 409 g/mol. The first-order chi connectivity index (χ1) is 14.5. The molecule has 10 heteroatoms. The van der Waals surface area contributed by atoms with E-state index in [0.717, 1.165) is 11.3 Å². The molecule has 1 saturated heterocycles. The molecule has 1 aromatic carbocycles. The largest absolute Gasteiger partial charge is 0.368 e. The van der Waals surface area contributed by atoms with Gasteiger partial charge in [0.15, 0.2) is 0 Å². The molecular weight excluding hydrogens is 389 g/mol. The molecule has 1 aliphatic rings. The summed E-state index contributed by atoms with van der Waals surface area (Å²) in [5, 5.41) is 14.8. The highest BCUT2D eigenvalue weighted by molar-refractivity contribution is 5.74. The summed E-state index contributed by atoms with van der Waals surface area (Å²) in [4.78, 5) is 27.9. The third-order valence-corrected chi connectivity index (χ3v) is 5.00. The first-order valence-corrected chi connectivity index (χ1v) is 9.46. The minimum Gasteiger partial charge on any atom is -0.368 e. The molecule has 0 atom stereocenters. The number of nitrogens with zero attached hydrogens (tertiary/aromatic N) is 6. The summed E-state index contributed by atoms with van der Waals surface area (Å²) in [6.45, 7) is 4.20. The predicted molar refractivity (Wildman–Crippen MR) is 112 cm³/mol. The lowest BCUT2D eigenvalue weighted by Gasteiger charge is -2.36. The van der Waals surface area contributed by atoms with Gasteiger partial charge in [0.2, 0.25) is 11.6 Å². The van der Waals surface area contributed by atoms with E-state index in [2.05, 4.69) is 25.2 Å². The molecular formula is C20H20FN7O2. The van der Waals surface area contributed by atoms with Crippen LogP contribution in [0.5, 0.6) is 0 Å². The Bertz CT molecular complexity index is 1050. The fraction of sp³-hybridized carbons (Fsp3) is 0.250. The number of nitrogens with one attached hydrogen (secondary N) is 1. The van der Waals surface area contributed by atoms with Crippen LogP contribution in [0.1, 0.15) is 5.56 Å². The molecule has 4 rings (SSSR count). The van der Waals surface area contributed by atoms with Gasteiger partial charge < -0.3 is 15.1 Å². The Hall–Kier alpha value is -3.82. The Kier molecular flexibility index (Phi) is 5.38. The molecule has 0 saturated carbocycles. The lowest BCUT2D eigenvalue weighted by molar-refractivity contribution is -0.383. The smallest absolute Gasteiger partial charge is 0.353 e. The van der Waals surface area contributed by atoms with Crippen LogP contribution in [0.15, 0.2) is 48.9 Å². The molecule has 1 fully saturated rings. The van der Waals surface area contributed by atoms with Crippen LogP contribution in [0, 0.1) is 22.9 Å². The molecule has 0 unspecified atom stereocenters. The summed E-state index contributed by atoms with van der Waals surface area (Å²) in [6.07, 6.45) is 2.92. The number of aromatic nitrogens is 3. The molecule has 1 N–H and O–H groups in total. The predicted octanol–water partition coefficient (Wildman–Crippen LogP) is 3.30. The molecule has 0 radical (unpaired) electrons. The topological polar surface area (TPSA) is 100 Å². The Morgan fingerprint density at radius 1 is 1.00 bits per heavy atom. The van der Waals surface area contributed by atoms with Crippen LogP contribution in [-0.4, -0.2) is 46.1 Å². The number of piperazine rings is 1. The van der Waals surface area contributed by atoms with Gasteiger partial charge in [-0.2, -0.15) is 0 Å². The molecule has 0 aliphatic carbocycles. The van der Waals surface area contributed by atoms with Crippen molar-refractivity contribution in [2.45, 2.75) is 6.92 Å². The SMILES string of the molecule is Cc1cccnc1Nc1ncnc(N2CCN(c3ccc(F)cc3)CC2)c1[N+](=O)[O-]. The fourth-order valence-electron chi connectivity index (χ4n) is 3.42. The van der Waals surface area contributed by atoms with Gasteiger partial charge in [0.05, 0.1) is 4.92 Å². The number of rotatable bonds is 5. The number of aryl methyl sites for hydroxylation is 1.